The van der Waals surface area contributed by atoms with Gasteiger partial charge in [-0.2, -0.15) is 10.2 Å². The highest BCUT2D eigenvalue weighted by Crippen LogP contribution is 2.35. The lowest BCUT2D eigenvalue weighted by Gasteiger charge is -2.15. The van der Waals surface area contributed by atoms with Gasteiger partial charge in [0.05, 0.1) is 12.4 Å². The Hall–Kier alpha value is -2.86. The number of hydrazone groups is 1. The molecule has 0 aliphatic carbocycles. The summed E-state index contributed by atoms with van der Waals surface area (Å²) in [5.74, 6) is -0.164. The van der Waals surface area contributed by atoms with Gasteiger partial charge >= 0.3 is 0 Å². The van der Waals surface area contributed by atoms with E-state index in [1.54, 1.807) is 17.1 Å². The van der Waals surface area contributed by atoms with Crippen molar-refractivity contribution in [3.63, 3.8) is 0 Å². The molecule has 1 amide bonds. The van der Waals surface area contributed by atoms with Gasteiger partial charge in [-0.1, -0.05) is 48.5 Å². The number of rotatable bonds is 6. The van der Waals surface area contributed by atoms with Crippen molar-refractivity contribution in [2.75, 3.05) is 0 Å². The number of carbonyl (C=O) groups is 1. The fourth-order valence-corrected chi connectivity index (χ4v) is 3.44. The zero-order valence-electron chi connectivity index (χ0n) is 14.7. The Bertz CT molecular complexity index is 891. The Kier molecular flexibility index (Phi) is 5.86. The van der Waals surface area contributed by atoms with Gasteiger partial charge < -0.3 is 0 Å². The van der Waals surface area contributed by atoms with E-state index in [1.807, 2.05) is 74.6 Å². The van der Waals surface area contributed by atoms with Crippen molar-refractivity contribution >= 4 is 23.9 Å². The number of amides is 1. The summed E-state index contributed by atoms with van der Waals surface area (Å²) >= 11 is 1.50. The summed E-state index contributed by atoms with van der Waals surface area (Å²) in [5, 5.41) is 7.89. The molecule has 1 N–H and O–H groups in total. The van der Waals surface area contributed by atoms with E-state index >= 15 is 0 Å². The predicted octanol–water partition coefficient (Wildman–Crippen LogP) is 3.71. The third-order valence-electron chi connectivity index (χ3n) is 3.99. The topological polar surface area (TPSA) is 59.3 Å². The van der Waals surface area contributed by atoms with E-state index in [4.69, 9.17) is 0 Å². The van der Waals surface area contributed by atoms with Crippen LogP contribution in [0.25, 0.3) is 0 Å². The molecule has 5 nitrogen and oxygen atoms in total. The van der Waals surface area contributed by atoms with Gasteiger partial charge in [0.25, 0.3) is 5.91 Å². The highest BCUT2D eigenvalue weighted by molar-refractivity contribution is 8.00. The third kappa shape index (κ3) is 4.40. The number of aryl methyl sites for hydroxylation is 1. The quantitative estimate of drug-likeness (QED) is 0.412. The Labute approximate surface area is 157 Å². The van der Waals surface area contributed by atoms with Crippen LogP contribution < -0.4 is 5.43 Å². The van der Waals surface area contributed by atoms with Crippen LogP contribution in [0.5, 0.6) is 0 Å². The van der Waals surface area contributed by atoms with Gasteiger partial charge in [-0.3, -0.25) is 9.48 Å². The fraction of sp³-hybridized carbons (Fsp3) is 0.150. The van der Waals surface area contributed by atoms with Gasteiger partial charge in [0.1, 0.15) is 5.25 Å². The molecule has 6 heteroatoms. The van der Waals surface area contributed by atoms with E-state index in [0.29, 0.717) is 0 Å². The van der Waals surface area contributed by atoms with Crippen molar-refractivity contribution in [1.29, 1.82) is 0 Å². The van der Waals surface area contributed by atoms with Gasteiger partial charge in [0.15, 0.2) is 0 Å². The summed E-state index contributed by atoms with van der Waals surface area (Å²) in [7, 11) is 1.87. The zero-order chi connectivity index (χ0) is 18.4. The first-order chi connectivity index (χ1) is 12.6. The molecular formula is C20H20N4OS. The molecule has 0 unspecified atom stereocenters. The maximum atomic E-state index is 12.8. The van der Waals surface area contributed by atoms with Crippen molar-refractivity contribution in [2.45, 2.75) is 17.1 Å². The Morgan fingerprint density at radius 3 is 2.42 bits per heavy atom. The second-order valence-corrected chi connectivity index (χ2v) is 6.94. The number of hydrogen-bond donors (Lipinski definition) is 1. The highest BCUT2D eigenvalue weighted by Gasteiger charge is 2.21. The van der Waals surface area contributed by atoms with Gasteiger partial charge in [-0.25, -0.2) is 5.43 Å². The van der Waals surface area contributed by atoms with Crippen molar-refractivity contribution in [3.8, 4) is 0 Å². The lowest BCUT2D eigenvalue weighted by Crippen LogP contribution is -2.23. The number of nitrogens with zero attached hydrogens (tertiary/aromatic N) is 3. The van der Waals surface area contributed by atoms with E-state index in [0.717, 1.165) is 21.7 Å². The van der Waals surface area contributed by atoms with Crippen LogP contribution in [0.1, 0.15) is 22.1 Å². The molecule has 0 saturated carbocycles. The van der Waals surface area contributed by atoms with Crippen molar-refractivity contribution in [1.82, 2.24) is 15.2 Å². The minimum absolute atomic E-state index is 0.164. The van der Waals surface area contributed by atoms with E-state index < -0.39 is 0 Å². The maximum Gasteiger partial charge on any atom is 0.258 e. The van der Waals surface area contributed by atoms with Crippen LogP contribution in [0, 0.1) is 6.92 Å². The zero-order valence-corrected chi connectivity index (χ0v) is 15.5. The van der Waals surface area contributed by atoms with Crippen molar-refractivity contribution < 1.29 is 4.79 Å². The predicted molar refractivity (Wildman–Crippen MR) is 105 cm³/mol. The molecule has 0 radical (unpaired) electrons. The molecule has 132 valence electrons. The van der Waals surface area contributed by atoms with E-state index in [-0.39, 0.29) is 11.2 Å². The van der Waals surface area contributed by atoms with Crippen LogP contribution >= 0.6 is 11.8 Å². The Balaban J connectivity index is 1.75. The molecule has 2 aromatic carbocycles. The summed E-state index contributed by atoms with van der Waals surface area (Å²) in [6.07, 6.45) is 3.34. The van der Waals surface area contributed by atoms with E-state index in [1.165, 1.54) is 11.8 Å². The molecule has 1 heterocycles. The van der Waals surface area contributed by atoms with E-state index in [2.05, 4.69) is 15.6 Å². The maximum absolute atomic E-state index is 12.8. The molecule has 1 atom stereocenters. The first-order valence-electron chi connectivity index (χ1n) is 8.23. The minimum Gasteiger partial charge on any atom is -0.272 e. The summed E-state index contributed by atoms with van der Waals surface area (Å²) in [6, 6.07) is 19.6. The van der Waals surface area contributed by atoms with Crippen molar-refractivity contribution in [3.05, 3.63) is 83.7 Å². The van der Waals surface area contributed by atoms with E-state index in [9.17, 15) is 4.79 Å². The summed E-state index contributed by atoms with van der Waals surface area (Å²) in [4.78, 5) is 13.8. The minimum atomic E-state index is -0.384. The molecule has 0 bridgehead atoms. The molecule has 3 aromatic rings. The largest absolute Gasteiger partial charge is 0.272 e. The molecule has 3 rings (SSSR count). The standard InChI is InChI=1S/C20H20N4OS/c1-15-17(14-22-24(15)2)13-21-23-20(25)19(16-9-5-3-6-10-16)26-18-11-7-4-8-12-18/h3-14,19H,1-2H3,(H,23,25)/b21-13-/t19-/m1/s1. The molecule has 0 spiro atoms. The lowest BCUT2D eigenvalue weighted by atomic mass is 10.1. The average molecular weight is 364 g/mol. The molecule has 0 fully saturated rings. The van der Waals surface area contributed by atoms with Gasteiger partial charge in [-0.05, 0) is 24.6 Å². The lowest BCUT2D eigenvalue weighted by molar-refractivity contribution is -0.120. The summed E-state index contributed by atoms with van der Waals surface area (Å²) < 4.78 is 1.77. The van der Waals surface area contributed by atoms with Crippen LogP contribution in [0.2, 0.25) is 0 Å². The second-order valence-electron chi connectivity index (χ2n) is 5.76. The summed E-state index contributed by atoms with van der Waals surface area (Å²) in [5.41, 5.74) is 5.46. The van der Waals surface area contributed by atoms with Gasteiger partial charge in [-0.15, -0.1) is 11.8 Å². The number of hydrogen-bond acceptors (Lipinski definition) is 4. The fourth-order valence-electron chi connectivity index (χ4n) is 2.40. The van der Waals surface area contributed by atoms with Crippen LogP contribution in [0.15, 0.2) is 76.9 Å². The molecule has 0 aliphatic rings. The second kappa shape index (κ2) is 8.49. The molecule has 1 aromatic heterocycles. The normalized spacial score (nSPS) is 12.2. The number of carbonyl (C=O) groups excluding carboxylic acids is 1. The molecular weight excluding hydrogens is 344 g/mol. The number of aromatic nitrogens is 2. The van der Waals surface area contributed by atoms with Crippen LogP contribution in [0.3, 0.4) is 0 Å². The van der Waals surface area contributed by atoms with Crippen LogP contribution in [0.4, 0.5) is 0 Å². The Morgan fingerprint density at radius 2 is 1.81 bits per heavy atom. The number of thioether (sulfide) groups is 1. The molecule has 0 aliphatic heterocycles. The monoisotopic (exact) mass is 364 g/mol. The first-order valence-corrected chi connectivity index (χ1v) is 9.11. The van der Waals surface area contributed by atoms with Crippen molar-refractivity contribution in [2.24, 2.45) is 12.1 Å². The van der Waals surface area contributed by atoms with Gasteiger partial charge in [0, 0.05) is 23.2 Å². The highest BCUT2D eigenvalue weighted by atomic mass is 32.2. The SMILES string of the molecule is Cc1c(/C=N\NC(=O)[C@H](Sc2ccccc2)c2ccccc2)cnn1C. The molecule has 26 heavy (non-hydrogen) atoms. The summed E-state index contributed by atoms with van der Waals surface area (Å²) in [6.45, 7) is 1.95. The first kappa shape index (κ1) is 17.9. The Morgan fingerprint density at radius 1 is 1.15 bits per heavy atom. The number of nitrogens with one attached hydrogen (secondary N) is 1. The molecule has 0 saturated heterocycles. The van der Waals surface area contributed by atoms with Crippen LogP contribution in [-0.2, 0) is 11.8 Å². The number of benzene rings is 2. The van der Waals surface area contributed by atoms with Crippen LogP contribution in [-0.4, -0.2) is 21.9 Å². The smallest absolute Gasteiger partial charge is 0.258 e. The average Bonchev–Trinajstić information content (AvgIpc) is 3.00. The third-order valence-corrected chi connectivity index (χ3v) is 5.26. The van der Waals surface area contributed by atoms with Gasteiger partial charge in [0.2, 0.25) is 0 Å².